The van der Waals surface area contributed by atoms with Gasteiger partial charge >= 0.3 is 12.0 Å². The lowest BCUT2D eigenvalue weighted by Gasteiger charge is -2.38. The molecule has 9 heteroatoms. The molecular weight excluding hydrogens is 498 g/mol. The Balaban J connectivity index is 1.42. The Bertz CT molecular complexity index is 1040. The molecule has 212 valence electrons. The quantitative estimate of drug-likeness (QED) is 0.397. The van der Waals surface area contributed by atoms with E-state index >= 15 is 0 Å². The van der Waals surface area contributed by atoms with Gasteiger partial charge in [0.2, 0.25) is 0 Å². The number of nitrogens with one attached hydrogen (secondary N) is 2. The van der Waals surface area contributed by atoms with Crippen LogP contribution in [0.4, 0.5) is 10.5 Å². The van der Waals surface area contributed by atoms with Crippen LogP contribution in [0, 0.1) is 0 Å². The van der Waals surface area contributed by atoms with Crippen molar-refractivity contribution >= 4 is 17.7 Å². The van der Waals surface area contributed by atoms with Gasteiger partial charge in [0.25, 0.3) is 0 Å². The molecule has 9 nitrogen and oxygen atoms in total. The first kappa shape index (κ1) is 29.0. The molecule has 39 heavy (non-hydrogen) atoms. The van der Waals surface area contributed by atoms with Gasteiger partial charge in [0, 0.05) is 24.2 Å². The van der Waals surface area contributed by atoms with Crippen LogP contribution < -0.4 is 10.6 Å². The highest BCUT2D eigenvalue weighted by Crippen LogP contribution is 2.38. The second-order valence-corrected chi connectivity index (χ2v) is 10.2. The van der Waals surface area contributed by atoms with E-state index in [0.29, 0.717) is 5.69 Å². The average Bonchev–Trinajstić information content (AvgIpc) is 2.94. The Morgan fingerprint density at radius 3 is 2.28 bits per heavy atom. The fourth-order valence-electron chi connectivity index (χ4n) is 5.08. The summed E-state index contributed by atoms with van der Waals surface area (Å²) in [4.78, 5) is 26.1. The summed E-state index contributed by atoms with van der Waals surface area (Å²) in [6.07, 6.45) is 6.43. The van der Waals surface area contributed by atoms with Gasteiger partial charge in [0.1, 0.15) is 6.54 Å². The lowest BCUT2D eigenvalue weighted by atomic mass is 9.99. The number of rotatable bonds is 9. The number of amides is 2. The third-order valence-electron chi connectivity index (χ3n) is 7.16. The van der Waals surface area contributed by atoms with Crippen LogP contribution in [0.3, 0.4) is 0 Å². The van der Waals surface area contributed by atoms with E-state index in [1.807, 2.05) is 36.4 Å². The van der Waals surface area contributed by atoms with Crippen molar-refractivity contribution in [3.8, 4) is 0 Å². The molecule has 0 bridgehead atoms. The first-order valence-electron chi connectivity index (χ1n) is 14.1. The van der Waals surface area contributed by atoms with Crippen LogP contribution in [0.2, 0.25) is 0 Å². The van der Waals surface area contributed by atoms with Crippen LogP contribution >= 0.6 is 0 Å². The Morgan fingerprint density at radius 2 is 1.62 bits per heavy atom. The topological polar surface area (TPSA) is 109 Å². The fraction of sp³-hybridized carbons (Fsp3) is 0.533. The van der Waals surface area contributed by atoms with Crippen LogP contribution in [-0.4, -0.2) is 60.9 Å². The average molecular weight is 540 g/mol. The van der Waals surface area contributed by atoms with Crippen molar-refractivity contribution in [1.82, 2.24) is 10.2 Å². The third-order valence-corrected chi connectivity index (χ3v) is 7.16. The summed E-state index contributed by atoms with van der Waals surface area (Å²) in [6.45, 7) is 4.86. The molecule has 2 saturated heterocycles. The highest BCUT2D eigenvalue weighted by Gasteiger charge is 2.33. The van der Waals surface area contributed by atoms with Crippen molar-refractivity contribution in [1.29, 1.82) is 0 Å². The smallest absolute Gasteiger partial charge is 0.325 e. The Labute approximate surface area is 230 Å². The normalized spacial score (nSPS) is 22.4. The first-order chi connectivity index (χ1) is 19.0. The summed E-state index contributed by atoms with van der Waals surface area (Å²) in [5, 5.41) is 14.6. The van der Waals surface area contributed by atoms with Crippen LogP contribution in [0.15, 0.2) is 48.5 Å². The molecule has 2 aromatic rings. The number of likely N-dealkylation sites (tertiary alicyclic amines) is 1. The Kier molecular flexibility index (Phi) is 11.1. The highest BCUT2D eigenvalue weighted by molar-refractivity contribution is 5.91. The molecule has 0 saturated carbocycles. The maximum atomic E-state index is 12.1. The van der Waals surface area contributed by atoms with Crippen molar-refractivity contribution in [2.45, 2.75) is 70.6 Å². The number of benzene rings is 2. The number of esters is 1. The second kappa shape index (κ2) is 15.0. The largest absolute Gasteiger partial charge is 0.465 e. The number of aliphatic hydroxyl groups excluding tert-OH is 1. The van der Waals surface area contributed by atoms with E-state index in [4.69, 9.17) is 14.2 Å². The number of nitrogens with zero attached hydrogens (tertiary/aromatic N) is 1. The van der Waals surface area contributed by atoms with Gasteiger partial charge in [-0.3, -0.25) is 4.79 Å². The molecule has 2 aromatic carbocycles. The van der Waals surface area contributed by atoms with E-state index in [2.05, 4.69) is 15.5 Å². The summed E-state index contributed by atoms with van der Waals surface area (Å²) < 4.78 is 17.8. The van der Waals surface area contributed by atoms with E-state index in [-0.39, 0.29) is 32.0 Å². The molecule has 2 aliphatic heterocycles. The van der Waals surface area contributed by atoms with Gasteiger partial charge in [0.05, 0.1) is 25.4 Å². The van der Waals surface area contributed by atoms with Crippen molar-refractivity contribution in [3.05, 3.63) is 65.2 Å². The number of ether oxygens (including phenoxy) is 3. The lowest BCUT2D eigenvalue weighted by Crippen LogP contribution is -2.40. The first-order valence-corrected chi connectivity index (χ1v) is 14.1. The van der Waals surface area contributed by atoms with Gasteiger partial charge in [-0.15, -0.1) is 0 Å². The minimum absolute atomic E-state index is 0.0103. The number of hydrogen-bond acceptors (Lipinski definition) is 7. The molecule has 0 unspecified atom stereocenters. The molecule has 4 rings (SSSR count). The minimum Gasteiger partial charge on any atom is -0.465 e. The summed E-state index contributed by atoms with van der Waals surface area (Å²) >= 11 is 0. The zero-order chi connectivity index (χ0) is 27.5. The number of carbonyl (C=O) groups is 2. The predicted octanol–water partition coefficient (Wildman–Crippen LogP) is 4.68. The number of urea groups is 1. The standard InChI is InChI=1S/C30H41N3O6/c1-2-37-28(35)19-31-30(36)32-25-14-12-24(13-15-25)29-38-26(20-33-16-6-4-3-5-7-17-33)18-27(39-29)23-10-8-22(21-34)9-11-23/h8-15,26-27,29,34H,2-7,16-21H2,1H3,(H2,31,32,36)/t26-,27+,29+/m0/s1. The summed E-state index contributed by atoms with van der Waals surface area (Å²) in [5.41, 5.74) is 3.38. The number of anilines is 1. The zero-order valence-electron chi connectivity index (χ0n) is 22.8. The number of hydrogen-bond donors (Lipinski definition) is 3. The molecular formula is C30H41N3O6. The summed E-state index contributed by atoms with van der Waals surface area (Å²) in [7, 11) is 0. The van der Waals surface area contributed by atoms with Crippen LogP contribution in [0.25, 0.3) is 0 Å². The third kappa shape index (κ3) is 9.03. The molecule has 0 spiro atoms. The van der Waals surface area contributed by atoms with E-state index in [1.165, 1.54) is 32.1 Å². The van der Waals surface area contributed by atoms with Gasteiger partial charge in [-0.05, 0) is 56.1 Å². The molecule has 2 heterocycles. The molecule has 0 aliphatic carbocycles. The Hall–Kier alpha value is -2.98. The highest BCUT2D eigenvalue weighted by atomic mass is 16.7. The number of aliphatic hydroxyl groups is 1. The molecule has 3 N–H and O–H groups in total. The van der Waals surface area contributed by atoms with E-state index in [9.17, 15) is 14.7 Å². The fourth-order valence-corrected chi connectivity index (χ4v) is 5.08. The number of carbonyl (C=O) groups excluding carboxylic acids is 2. The lowest BCUT2D eigenvalue weighted by molar-refractivity contribution is -0.253. The van der Waals surface area contributed by atoms with Crippen molar-refractivity contribution in [2.24, 2.45) is 0 Å². The van der Waals surface area contributed by atoms with E-state index < -0.39 is 18.3 Å². The van der Waals surface area contributed by atoms with Crippen molar-refractivity contribution < 1.29 is 28.9 Å². The molecule has 2 fully saturated rings. The van der Waals surface area contributed by atoms with Gasteiger partial charge in [-0.1, -0.05) is 55.7 Å². The minimum atomic E-state index is -0.548. The summed E-state index contributed by atoms with van der Waals surface area (Å²) in [5.74, 6) is -0.486. The van der Waals surface area contributed by atoms with Gasteiger partial charge < -0.3 is 34.9 Å². The van der Waals surface area contributed by atoms with Gasteiger partial charge in [-0.2, -0.15) is 0 Å². The zero-order valence-corrected chi connectivity index (χ0v) is 22.8. The molecule has 2 amide bonds. The maximum absolute atomic E-state index is 12.1. The van der Waals surface area contributed by atoms with Crippen LogP contribution in [-0.2, 0) is 25.6 Å². The van der Waals surface area contributed by atoms with Crippen LogP contribution in [0.1, 0.15) is 74.5 Å². The molecule has 0 radical (unpaired) electrons. The van der Waals surface area contributed by atoms with Crippen molar-refractivity contribution in [3.63, 3.8) is 0 Å². The SMILES string of the molecule is CCOC(=O)CNC(=O)Nc1ccc([C@@H]2O[C@H](CN3CCCCCCC3)C[C@H](c3ccc(CO)cc3)O2)cc1. The van der Waals surface area contributed by atoms with Gasteiger partial charge in [-0.25, -0.2) is 4.79 Å². The monoisotopic (exact) mass is 539 g/mol. The van der Waals surface area contributed by atoms with E-state index in [1.54, 1.807) is 19.1 Å². The Morgan fingerprint density at radius 1 is 0.949 bits per heavy atom. The van der Waals surface area contributed by atoms with Crippen molar-refractivity contribution in [2.75, 3.05) is 38.1 Å². The maximum Gasteiger partial charge on any atom is 0.325 e. The summed E-state index contributed by atoms with van der Waals surface area (Å²) in [6, 6.07) is 14.8. The molecule has 0 aromatic heterocycles. The molecule has 3 atom stereocenters. The van der Waals surface area contributed by atoms with Crippen LogP contribution in [0.5, 0.6) is 0 Å². The van der Waals surface area contributed by atoms with Gasteiger partial charge in [0.15, 0.2) is 6.29 Å². The second-order valence-electron chi connectivity index (χ2n) is 10.2. The molecule has 2 aliphatic rings. The van der Waals surface area contributed by atoms with E-state index in [0.717, 1.165) is 42.7 Å². The predicted molar refractivity (Wildman–Crippen MR) is 148 cm³/mol.